The van der Waals surface area contributed by atoms with Crippen LogP contribution in [0.1, 0.15) is 32.1 Å². The Kier molecular flexibility index (Phi) is 10.3. The molecule has 1 saturated heterocycles. The Labute approximate surface area is 153 Å². The van der Waals surface area contributed by atoms with Crippen LogP contribution in [0.2, 0.25) is 0 Å². The summed E-state index contributed by atoms with van der Waals surface area (Å²) in [5, 5.41) is 6.41. The predicted octanol–water partition coefficient (Wildman–Crippen LogP) is 3.54. The van der Waals surface area contributed by atoms with Gasteiger partial charge in [0.05, 0.1) is 6.61 Å². The molecule has 1 amide bonds. The van der Waals surface area contributed by atoms with Gasteiger partial charge >= 0.3 is 0 Å². The molecular weight excluding hydrogens is 380 g/mol. The number of hydrogen-bond acceptors (Lipinski definition) is 3. The molecule has 1 aliphatic heterocycles. The number of hydrogen-bond donors (Lipinski definition) is 2. The van der Waals surface area contributed by atoms with Gasteiger partial charge in [-0.05, 0) is 62.9 Å². The summed E-state index contributed by atoms with van der Waals surface area (Å²) >= 11 is 3.41. The number of ether oxygens (including phenoxy) is 1. The fourth-order valence-electron chi connectivity index (χ4n) is 2.65. The van der Waals surface area contributed by atoms with Crippen LogP contribution in [0.15, 0.2) is 28.7 Å². The number of carbonyl (C=O) groups is 1. The van der Waals surface area contributed by atoms with Crippen LogP contribution in [-0.4, -0.2) is 32.1 Å². The van der Waals surface area contributed by atoms with E-state index in [4.69, 9.17) is 4.74 Å². The molecule has 130 valence electrons. The molecule has 1 fully saturated rings. The monoisotopic (exact) mass is 404 g/mol. The minimum Gasteiger partial charge on any atom is -0.494 e. The highest BCUT2D eigenvalue weighted by molar-refractivity contribution is 9.10. The molecule has 6 heteroatoms. The largest absolute Gasteiger partial charge is 0.494 e. The van der Waals surface area contributed by atoms with Gasteiger partial charge in [0.2, 0.25) is 5.91 Å². The first-order chi connectivity index (χ1) is 10.7. The quantitative estimate of drug-likeness (QED) is 0.650. The number of halogens is 2. The number of amides is 1. The fraction of sp³-hybridized carbons (Fsp3) is 0.588. The fourth-order valence-corrected chi connectivity index (χ4v) is 3.03. The van der Waals surface area contributed by atoms with Gasteiger partial charge in [-0.15, -0.1) is 12.4 Å². The van der Waals surface area contributed by atoms with Crippen LogP contribution in [0.5, 0.6) is 5.75 Å². The zero-order valence-electron chi connectivity index (χ0n) is 13.4. The molecule has 0 spiro atoms. The van der Waals surface area contributed by atoms with Gasteiger partial charge in [0, 0.05) is 17.4 Å². The Hall–Kier alpha value is -0.780. The third-order valence-corrected chi connectivity index (χ3v) is 4.38. The van der Waals surface area contributed by atoms with Crippen molar-refractivity contribution in [1.29, 1.82) is 0 Å². The average molecular weight is 406 g/mol. The highest BCUT2D eigenvalue weighted by atomic mass is 79.9. The smallest absolute Gasteiger partial charge is 0.220 e. The molecule has 1 aromatic carbocycles. The second kappa shape index (κ2) is 11.7. The van der Waals surface area contributed by atoms with Crippen molar-refractivity contribution >= 4 is 34.2 Å². The number of benzene rings is 1. The van der Waals surface area contributed by atoms with Crippen molar-refractivity contribution in [1.82, 2.24) is 10.6 Å². The van der Waals surface area contributed by atoms with Crippen molar-refractivity contribution in [3.8, 4) is 5.75 Å². The van der Waals surface area contributed by atoms with E-state index in [1.807, 2.05) is 24.3 Å². The van der Waals surface area contributed by atoms with Crippen LogP contribution in [0.4, 0.5) is 0 Å². The molecule has 4 nitrogen and oxygen atoms in total. The van der Waals surface area contributed by atoms with Crippen molar-refractivity contribution < 1.29 is 9.53 Å². The minimum absolute atomic E-state index is 0. The van der Waals surface area contributed by atoms with Gasteiger partial charge in [0.15, 0.2) is 0 Å². The van der Waals surface area contributed by atoms with Crippen molar-refractivity contribution in [2.75, 3.05) is 26.2 Å². The van der Waals surface area contributed by atoms with Crippen LogP contribution in [0.25, 0.3) is 0 Å². The summed E-state index contributed by atoms with van der Waals surface area (Å²) in [7, 11) is 0. The second-order valence-corrected chi connectivity index (χ2v) is 6.68. The van der Waals surface area contributed by atoms with E-state index >= 15 is 0 Å². The molecular formula is C17H26BrClN2O2. The van der Waals surface area contributed by atoms with E-state index in [9.17, 15) is 4.79 Å². The van der Waals surface area contributed by atoms with Gasteiger partial charge < -0.3 is 15.4 Å². The van der Waals surface area contributed by atoms with Gasteiger partial charge in [-0.25, -0.2) is 0 Å². The zero-order chi connectivity index (χ0) is 15.6. The summed E-state index contributed by atoms with van der Waals surface area (Å²) in [5.74, 6) is 1.68. The first-order valence-corrected chi connectivity index (χ1v) is 8.89. The summed E-state index contributed by atoms with van der Waals surface area (Å²) in [5.41, 5.74) is 0. The first-order valence-electron chi connectivity index (χ1n) is 8.10. The van der Waals surface area contributed by atoms with Gasteiger partial charge in [-0.1, -0.05) is 22.0 Å². The highest BCUT2D eigenvalue weighted by Crippen LogP contribution is 2.18. The molecule has 0 radical (unpaired) electrons. The van der Waals surface area contributed by atoms with E-state index in [1.54, 1.807) is 0 Å². The average Bonchev–Trinajstić information content (AvgIpc) is 2.53. The topological polar surface area (TPSA) is 50.4 Å². The maximum atomic E-state index is 11.8. The van der Waals surface area contributed by atoms with Crippen LogP contribution in [0, 0.1) is 5.92 Å². The van der Waals surface area contributed by atoms with E-state index in [2.05, 4.69) is 26.6 Å². The third kappa shape index (κ3) is 8.58. The van der Waals surface area contributed by atoms with Crippen LogP contribution < -0.4 is 15.4 Å². The Morgan fingerprint density at radius 1 is 1.43 bits per heavy atom. The summed E-state index contributed by atoms with van der Waals surface area (Å²) in [6, 6.07) is 7.75. The number of rotatable bonds is 8. The second-order valence-electron chi connectivity index (χ2n) is 5.76. The van der Waals surface area contributed by atoms with Crippen LogP contribution in [-0.2, 0) is 4.79 Å². The predicted molar refractivity (Wildman–Crippen MR) is 99.3 cm³/mol. The third-order valence-electron chi connectivity index (χ3n) is 3.89. The molecule has 1 aliphatic rings. The number of nitrogens with one attached hydrogen (secondary N) is 2. The van der Waals surface area contributed by atoms with E-state index in [-0.39, 0.29) is 18.3 Å². The molecule has 1 aromatic rings. The van der Waals surface area contributed by atoms with Gasteiger partial charge in [0.1, 0.15) is 5.75 Å². The summed E-state index contributed by atoms with van der Waals surface area (Å²) < 4.78 is 6.62. The molecule has 1 heterocycles. The highest BCUT2D eigenvalue weighted by Gasteiger charge is 2.12. The first kappa shape index (κ1) is 20.3. The van der Waals surface area contributed by atoms with E-state index in [1.165, 1.54) is 12.8 Å². The molecule has 23 heavy (non-hydrogen) atoms. The van der Waals surface area contributed by atoms with E-state index in [0.717, 1.165) is 42.7 Å². The van der Waals surface area contributed by atoms with Crippen molar-refractivity contribution in [2.45, 2.75) is 32.1 Å². The lowest BCUT2D eigenvalue weighted by Crippen LogP contribution is -2.33. The lowest BCUT2D eigenvalue weighted by molar-refractivity contribution is -0.121. The van der Waals surface area contributed by atoms with Crippen molar-refractivity contribution in [3.63, 3.8) is 0 Å². The molecule has 1 unspecified atom stereocenters. The molecule has 2 rings (SSSR count). The Bertz CT molecular complexity index is 468. The molecule has 0 aromatic heterocycles. The van der Waals surface area contributed by atoms with E-state index < -0.39 is 0 Å². The Morgan fingerprint density at radius 3 is 3.04 bits per heavy atom. The Balaban J connectivity index is 0.00000264. The molecule has 0 aliphatic carbocycles. The van der Waals surface area contributed by atoms with Crippen LogP contribution >= 0.6 is 28.3 Å². The maximum absolute atomic E-state index is 11.8. The minimum atomic E-state index is 0. The summed E-state index contributed by atoms with van der Waals surface area (Å²) in [6.45, 7) is 3.59. The van der Waals surface area contributed by atoms with Crippen LogP contribution in [0.3, 0.4) is 0 Å². The normalized spacial score (nSPS) is 17.2. The number of piperidine rings is 1. The molecule has 0 bridgehead atoms. The number of carbonyl (C=O) groups excluding carboxylic acids is 1. The summed E-state index contributed by atoms with van der Waals surface area (Å²) in [4.78, 5) is 11.8. The maximum Gasteiger partial charge on any atom is 0.220 e. The Morgan fingerprint density at radius 2 is 2.30 bits per heavy atom. The van der Waals surface area contributed by atoms with Gasteiger partial charge in [-0.3, -0.25) is 4.79 Å². The summed E-state index contributed by atoms with van der Waals surface area (Å²) in [6.07, 6.45) is 4.88. The van der Waals surface area contributed by atoms with Crippen molar-refractivity contribution in [2.24, 2.45) is 5.92 Å². The zero-order valence-corrected chi connectivity index (χ0v) is 15.8. The SMILES string of the molecule is Cl.O=C(CCCOc1cccc(Br)c1)NCCC1CCCNC1. The lowest BCUT2D eigenvalue weighted by Gasteiger charge is -2.22. The molecule has 0 saturated carbocycles. The standard InChI is InChI=1S/C17H25BrN2O2.ClH/c18-15-5-1-6-16(12-15)22-11-3-7-17(21)20-10-8-14-4-2-9-19-13-14;/h1,5-6,12,14,19H,2-4,7-11,13H2,(H,20,21);1H. The molecule has 2 N–H and O–H groups in total. The molecule has 1 atom stereocenters. The van der Waals surface area contributed by atoms with Gasteiger partial charge in [0.25, 0.3) is 0 Å². The van der Waals surface area contributed by atoms with E-state index in [0.29, 0.717) is 18.9 Å². The van der Waals surface area contributed by atoms with Crippen molar-refractivity contribution in [3.05, 3.63) is 28.7 Å². The van der Waals surface area contributed by atoms with Gasteiger partial charge in [-0.2, -0.15) is 0 Å². The lowest BCUT2D eigenvalue weighted by atomic mass is 9.96.